The van der Waals surface area contributed by atoms with Gasteiger partial charge in [0.2, 0.25) is 10.0 Å². The van der Waals surface area contributed by atoms with Gasteiger partial charge in [0, 0.05) is 12.1 Å². The molecule has 2 aromatic carbocycles. The lowest BCUT2D eigenvalue weighted by Crippen LogP contribution is -2.30. The molecule has 0 fully saturated rings. The highest BCUT2D eigenvalue weighted by molar-refractivity contribution is 7.92. The predicted octanol–water partition coefficient (Wildman–Crippen LogP) is 5.62. The summed E-state index contributed by atoms with van der Waals surface area (Å²) in [4.78, 5) is 12.5. The van der Waals surface area contributed by atoms with Crippen LogP contribution in [0.4, 0.5) is 18.9 Å². The van der Waals surface area contributed by atoms with Crippen LogP contribution in [-0.2, 0) is 22.7 Å². The number of nitrogens with zero attached hydrogens (tertiary/aromatic N) is 1. The predicted molar refractivity (Wildman–Crippen MR) is 125 cm³/mol. The number of nitrogens with one attached hydrogen (secondary N) is 1. The van der Waals surface area contributed by atoms with Crippen LogP contribution in [0.2, 0.25) is 0 Å². The molecule has 0 radical (unpaired) electrons. The maximum absolute atomic E-state index is 13.1. The topological polar surface area (TPSA) is 66.5 Å². The van der Waals surface area contributed by atoms with E-state index < -0.39 is 21.8 Å². The number of halogens is 3. The third-order valence-electron chi connectivity index (χ3n) is 5.50. The molecule has 5 nitrogen and oxygen atoms in total. The van der Waals surface area contributed by atoms with E-state index in [1.165, 1.54) is 12.1 Å². The molecule has 0 unspecified atom stereocenters. The Morgan fingerprint density at radius 1 is 1.09 bits per heavy atom. The molecule has 1 atom stereocenters. The second kappa shape index (κ2) is 11.5. The molecule has 0 aliphatic heterocycles. The standard InChI is InChI=1S/C24H31F3N2O3S/c1-4-6-8-18(5-2)16-28-23(30)20-13-11-19(12-14-20)17-29(33(3,31)32)22-10-7-9-21(15-22)24(25,26)27/h7,9-15,18H,4-6,8,16-17H2,1-3H3,(H,28,30)/t18-/m0/s1. The van der Waals surface area contributed by atoms with Crippen molar-refractivity contribution in [2.75, 3.05) is 17.1 Å². The Balaban J connectivity index is 2.13. The van der Waals surface area contributed by atoms with Crippen LogP contribution in [0.1, 0.15) is 61.0 Å². The van der Waals surface area contributed by atoms with Crippen molar-refractivity contribution in [3.8, 4) is 0 Å². The number of anilines is 1. The molecule has 0 saturated carbocycles. The van der Waals surface area contributed by atoms with Crippen molar-refractivity contribution in [1.82, 2.24) is 5.32 Å². The number of hydrogen-bond acceptors (Lipinski definition) is 3. The molecule has 33 heavy (non-hydrogen) atoms. The van der Waals surface area contributed by atoms with Gasteiger partial charge in [-0.25, -0.2) is 8.42 Å². The summed E-state index contributed by atoms with van der Waals surface area (Å²) in [6.45, 7) is 4.66. The van der Waals surface area contributed by atoms with Gasteiger partial charge in [0.05, 0.1) is 24.1 Å². The van der Waals surface area contributed by atoms with E-state index in [1.54, 1.807) is 24.3 Å². The Kier molecular flexibility index (Phi) is 9.34. The molecule has 9 heteroatoms. The van der Waals surface area contributed by atoms with E-state index in [-0.39, 0.29) is 18.1 Å². The number of benzene rings is 2. The lowest BCUT2D eigenvalue weighted by Gasteiger charge is -2.23. The van der Waals surface area contributed by atoms with E-state index in [2.05, 4.69) is 19.2 Å². The zero-order valence-electron chi connectivity index (χ0n) is 19.2. The van der Waals surface area contributed by atoms with Crippen molar-refractivity contribution in [3.05, 3.63) is 65.2 Å². The molecule has 0 aliphatic rings. The summed E-state index contributed by atoms with van der Waals surface area (Å²) in [6, 6.07) is 10.6. The molecule has 1 N–H and O–H groups in total. The largest absolute Gasteiger partial charge is 0.416 e. The maximum atomic E-state index is 13.1. The highest BCUT2D eigenvalue weighted by Crippen LogP contribution is 2.32. The van der Waals surface area contributed by atoms with Gasteiger partial charge in [-0.15, -0.1) is 0 Å². The fraction of sp³-hybridized carbons (Fsp3) is 0.458. The van der Waals surface area contributed by atoms with Crippen LogP contribution >= 0.6 is 0 Å². The summed E-state index contributed by atoms with van der Waals surface area (Å²) in [5.41, 5.74) is -0.0188. The van der Waals surface area contributed by atoms with E-state index in [0.29, 0.717) is 23.6 Å². The fourth-order valence-corrected chi connectivity index (χ4v) is 4.33. The maximum Gasteiger partial charge on any atom is 0.416 e. The van der Waals surface area contributed by atoms with Gasteiger partial charge in [0.25, 0.3) is 5.91 Å². The van der Waals surface area contributed by atoms with Crippen LogP contribution in [0.15, 0.2) is 48.5 Å². The minimum Gasteiger partial charge on any atom is -0.352 e. The molecule has 0 saturated heterocycles. The van der Waals surface area contributed by atoms with Crippen LogP contribution in [0, 0.1) is 5.92 Å². The first-order valence-corrected chi connectivity index (χ1v) is 12.8. The lowest BCUT2D eigenvalue weighted by atomic mass is 9.99. The second-order valence-corrected chi connectivity index (χ2v) is 10.0. The number of alkyl halides is 3. The molecule has 2 aromatic rings. The molecule has 2 rings (SSSR count). The van der Waals surface area contributed by atoms with Crippen molar-refractivity contribution in [3.63, 3.8) is 0 Å². The number of carbonyl (C=O) groups excluding carboxylic acids is 1. The third kappa shape index (κ3) is 8.07. The summed E-state index contributed by atoms with van der Waals surface area (Å²) < 4.78 is 64.7. The van der Waals surface area contributed by atoms with Crippen LogP contribution < -0.4 is 9.62 Å². The lowest BCUT2D eigenvalue weighted by molar-refractivity contribution is -0.137. The Labute approximate surface area is 194 Å². The number of unbranched alkanes of at least 4 members (excludes halogenated alkanes) is 1. The van der Waals surface area contributed by atoms with E-state index in [9.17, 15) is 26.4 Å². The van der Waals surface area contributed by atoms with Gasteiger partial charge in [-0.1, -0.05) is 51.3 Å². The van der Waals surface area contributed by atoms with E-state index in [1.807, 2.05) is 0 Å². The van der Waals surface area contributed by atoms with Crippen LogP contribution in [0.3, 0.4) is 0 Å². The number of carbonyl (C=O) groups is 1. The van der Waals surface area contributed by atoms with Crippen LogP contribution in [0.25, 0.3) is 0 Å². The average molecular weight is 485 g/mol. The monoisotopic (exact) mass is 484 g/mol. The normalized spacial score (nSPS) is 12.9. The van der Waals surface area contributed by atoms with Gasteiger partial charge in [-0.2, -0.15) is 13.2 Å². The summed E-state index contributed by atoms with van der Waals surface area (Å²) in [5, 5.41) is 2.94. The zero-order chi connectivity index (χ0) is 24.6. The molecular weight excluding hydrogens is 453 g/mol. The minimum absolute atomic E-state index is 0.0770. The third-order valence-corrected chi connectivity index (χ3v) is 6.64. The van der Waals surface area contributed by atoms with Gasteiger partial charge in [-0.05, 0) is 48.2 Å². The van der Waals surface area contributed by atoms with Gasteiger partial charge < -0.3 is 5.32 Å². The molecule has 0 spiro atoms. The average Bonchev–Trinajstić information content (AvgIpc) is 2.76. The fourth-order valence-electron chi connectivity index (χ4n) is 3.45. The van der Waals surface area contributed by atoms with Crippen molar-refractivity contribution >= 4 is 21.6 Å². The smallest absolute Gasteiger partial charge is 0.352 e. The quantitative estimate of drug-likeness (QED) is 0.450. The number of sulfonamides is 1. The van der Waals surface area contributed by atoms with Crippen molar-refractivity contribution in [1.29, 1.82) is 0 Å². The Bertz CT molecular complexity index is 1020. The van der Waals surface area contributed by atoms with Gasteiger partial charge in [-0.3, -0.25) is 9.10 Å². The van der Waals surface area contributed by atoms with Crippen LogP contribution in [-0.4, -0.2) is 27.1 Å². The molecular formula is C24H31F3N2O3S. The van der Waals surface area contributed by atoms with E-state index in [0.717, 1.165) is 48.4 Å². The molecule has 1 amide bonds. The number of hydrogen-bond donors (Lipinski definition) is 1. The Morgan fingerprint density at radius 2 is 1.76 bits per heavy atom. The number of amides is 1. The second-order valence-electron chi connectivity index (χ2n) is 8.14. The molecule has 0 heterocycles. The summed E-state index contributed by atoms with van der Waals surface area (Å²) in [7, 11) is -3.85. The van der Waals surface area contributed by atoms with E-state index >= 15 is 0 Å². The summed E-state index contributed by atoms with van der Waals surface area (Å²) >= 11 is 0. The number of rotatable bonds is 11. The Hall–Kier alpha value is -2.55. The van der Waals surface area contributed by atoms with Crippen molar-refractivity contribution in [2.24, 2.45) is 5.92 Å². The molecule has 0 aliphatic carbocycles. The molecule has 0 bridgehead atoms. The highest BCUT2D eigenvalue weighted by Gasteiger charge is 2.31. The van der Waals surface area contributed by atoms with Gasteiger partial charge >= 0.3 is 6.18 Å². The summed E-state index contributed by atoms with van der Waals surface area (Å²) in [6.07, 6.45) is 0.626. The molecule has 182 valence electrons. The SMILES string of the molecule is CCCC[C@H](CC)CNC(=O)c1ccc(CN(c2cccc(C(F)(F)F)c2)S(C)(=O)=O)cc1. The van der Waals surface area contributed by atoms with Gasteiger partial charge in [0.1, 0.15) is 0 Å². The first kappa shape index (κ1) is 26.7. The minimum atomic E-state index is -4.58. The Morgan fingerprint density at radius 3 is 2.30 bits per heavy atom. The molecule has 0 aromatic heterocycles. The van der Waals surface area contributed by atoms with Gasteiger partial charge in [0.15, 0.2) is 0 Å². The first-order chi connectivity index (χ1) is 15.5. The highest BCUT2D eigenvalue weighted by atomic mass is 32.2. The zero-order valence-corrected chi connectivity index (χ0v) is 20.0. The van der Waals surface area contributed by atoms with Crippen LogP contribution in [0.5, 0.6) is 0 Å². The van der Waals surface area contributed by atoms with Crippen molar-refractivity contribution < 1.29 is 26.4 Å². The first-order valence-electron chi connectivity index (χ1n) is 11.0. The van der Waals surface area contributed by atoms with E-state index in [4.69, 9.17) is 0 Å². The summed E-state index contributed by atoms with van der Waals surface area (Å²) in [5.74, 6) is 0.207. The van der Waals surface area contributed by atoms with Crippen molar-refractivity contribution in [2.45, 2.75) is 52.3 Å².